The van der Waals surface area contributed by atoms with Gasteiger partial charge in [0, 0.05) is 10.6 Å². The summed E-state index contributed by atoms with van der Waals surface area (Å²) in [4.78, 5) is 25.3. The summed E-state index contributed by atoms with van der Waals surface area (Å²) in [6.07, 6.45) is -9.07. The van der Waals surface area contributed by atoms with Gasteiger partial charge in [0.25, 0.3) is 17.9 Å². The van der Waals surface area contributed by atoms with Gasteiger partial charge in [-0.3, -0.25) is 9.59 Å². The topological polar surface area (TPSA) is 84.2 Å². The zero-order valence-corrected chi connectivity index (χ0v) is 16.2. The van der Waals surface area contributed by atoms with Gasteiger partial charge in [0.15, 0.2) is 6.10 Å². The van der Waals surface area contributed by atoms with E-state index < -0.39 is 41.7 Å². The van der Waals surface area contributed by atoms with Gasteiger partial charge in [0.2, 0.25) is 6.30 Å². The number of carbonyl (C=O) groups excluding carboxylic acids is 1. The second-order valence-corrected chi connectivity index (χ2v) is 6.78. The highest BCUT2D eigenvalue weighted by Crippen LogP contribution is 2.21. The minimum absolute atomic E-state index is 0.0284. The largest absolute Gasteiger partial charge is 0.382 e. The Kier molecular flexibility index (Phi) is 6.71. The maximum atomic E-state index is 13.8. The third-order valence-electron chi connectivity index (χ3n) is 4.18. The molecule has 3 aromatic rings. The van der Waals surface area contributed by atoms with Gasteiger partial charge in [-0.2, -0.15) is 9.78 Å². The maximum Gasteiger partial charge on any atom is 0.284 e. The van der Waals surface area contributed by atoms with Crippen LogP contribution in [0, 0.1) is 5.82 Å². The van der Waals surface area contributed by atoms with Crippen molar-refractivity contribution >= 4 is 17.5 Å². The highest BCUT2D eigenvalue weighted by molar-refractivity contribution is 6.30. The molecule has 3 rings (SSSR count). The molecule has 2 N–H and O–H groups in total. The molecular weight excluding hydrogens is 442 g/mol. The van der Waals surface area contributed by atoms with Crippen molar-refractivity contribution in [2.45, 2.75) is 18.8 Å². The molecule has 0 saturated heterocycles. The second-order valence-electron chi connectivity index (χ2n) is 6.35. The van der Waals surface area contributed by atoms with Crippen LogP contribution < -0.4 is 10.9 Å². The van der Waals surface area contributed by atoms with Crippen molar-refractivity contribution in [3.05, 3.63) is 81.4 Å². The number of alkyl halides is 3. The normalized spacial score (nSPS) is 13.1. The van der Waals surface area contributed by atoms with Gasteiger partial charge in [-0.15, -0.1) is 0 Å². The molecule has 11 heteroatoms. The van der Waals surface area contributed by atoms with E-state index in [2.05, 4.69) is 5.10 Å². The Morgan fingerprint density at radius 1 is 1.10 bits per heavy atom. The molecule has 2 atom stereocenters. The van der Waals surface area contributed by atoms with Crippen LogP contribution in [0.3, 0.4) is 0 Å². The highest BCUT2D eigenvalue weighted by atomic mass is 35.5. The van der Waals surface area contributed by atoms with Gasteiger partial charge >= 0.3 is 0 Å². The number of aliphatic hydroxyl groups is 1. The zero-order chi connectivity index (χ0) is 22.7. The molecule has 162 valence electrons. The van der Waals surface area contributed by atoms with Crippen molar-refractivity contribution < 1.29 is 27.5 Å². The van der Waals surface area contributed by atoms with E-state index >= 15 is 0 Å². The van der Waals surface area contributed by atoms with Crippen LogP contribution in [0.5, 0.6) is 0 Å². The molecule has 6 nitrogen and oxygen atoms in total. The predicted octanol–water partition coefficient (Wildman–Crippen LogP) is 3.34. The van der Waals surface area contributed by atoms with Gasteiger partial charge in [0.05, 0.1) is 11.4 Å². The van der Waals surface area contributed by atoms with Crippen LogP contribution in [0.15, 0.2) is 59.4 Å². The molecule has 0 spiro atoms. The second kappa shape index (κ2) is 9.27. The number of amides is 1. The molecule has 0 saturated carbocycles. The van der Waals surface area contributed by atoms with Gasteiger partial charge in [-0.1, -0.05) is 29.8 Å². The van der Waals surface area contributed by atoms with Crippen LogP contribution in [0.25, 0.3) is 16.9 Å². The molecule has 1 amide bonds. The van der Waals surface area contributed by atoms with Crippen molar-refractivity contribution in [2.24, 2.45) is 0 Å². The van der Waals surface area contributed by atoms with E-state index in [9.17, 15) is 27.2 Å². The van der Waals surface area contributed by atoms with Crippen molar-refractivity contribution in [3.63, 3.8) is 0 Å². The van der Waals surface area contributed by atoms with Crippen LogP contribution in [-0.2, 0) is 0 Å². The lowest BCUT2D eigenvalue weighted by molar-refractivity contribution is -0.0551. The van der Waals surface area contributed by atoms with E-state index in [1.54, 1.807) is 0 Å². The summed E-state index contributed by atoms with van der Waals surface area (Å²) in [5, 5.41) is 15.1. The number of hydrogen-bond donors (Lipinski definition) is 2. The lowest BCUT2D eigenvalue weighted by Crippen LogP contribution is -2.45. The number of benzene rings is 2. The van der Waals surface area contributed by atoms with Crippen LogP contribution in [0.4, 0.5) is 17.6 Å². The number of nitrogens with zero attached hydrogens (tertiary/aromatic N) is 2. The molecule has 1 heterocycles. The minimum atomic E-state index is -3.46. The fourth-order valence-electron chi connectivity index (χ4n) is 2.62. The Hall–Kier alpha value is -3.24. The van der Waals surface area contributed by atoms with E-state index in [0.717, 1.165) is 22.9 Å². The van der Waals surface area contributed by atoms with Crippen molar-refractivity contribution in [2.75, 3.05) is 0 Å². The molecule has 0 fully saturated rings. The summed E-state index contributed by atoms with van der Waals surface area (Å²) in [6.45, 7) is 0. The van der Waals surface area contributed by atoms with Crippen LogP contribution in [-0.4, -0.2) is 39.6 Å². The number of nitrogens with one attached hydrogen (secondary N) is 1. The van der Waals surface area contributed by atoms with E-state index in [1.807, 2.05) is 0 Å². The Balaban J connectivity index is 2.12. The first kappa shape index (κ1) is 22.4. The highest BCUT2D eigenvalue weighted by Gasteiger charge is 2.30. The Labute approximate surface area is 177 Å². The van der Waals surface area contributed by atoms with E-state index in [0.29, 0.717) is 10.6 Å². The summed E-state index contributed by atoms with van der Waals surface area (Å²) >= 11 is 5.86. The first-order chi connectivity index (χ1) is 14.7. The molecule has 2 aromatic carbocycles. The smallest absolute Gasteiger partial charge is 0.284 e. The maximum absolute atomic E-state index is 13.8. The molecule has 31 heavy (non-hydrogen) atoms. The average Bonchev–Trinajstić information content (AvgIpc) is 2.73. The lowest BCUT2D eigenvalue weighted by Gasteiger charge is -2.17. The van der Waals surface area contributed by atoms with Crippen LogP contribution in [0.2, 0.25) is 5.02 Å². The molecule has 0 radical (unpaired) electrons. The number of carbonyl (C=O) groups is 1. The van der Waals surface area contributed by atoms with E-state index in [-0.39, 0.29) is 11.4 Å². The molecule has 1 aromatic heterocycles. The molecule has 0 bridgehead atoms. The van der Waals surface area contributed by atoms with E-state index in [1.165, 1.54) is 41.7 Å². The Morgan fingerprint density at radius 3 is 2.39 bits per heavy atom. The Morgan fingerprint density at radius 2 is 1.77 bits per heavy atom. The van der Waals surface area contributed by atoms with Gasteiger partial charge in [0.1, 0.15) is 11.4 Å². The molecular formula is C20H14ClF4N3O3. The monoisotopic (exact) mass is 455 g/mol. The van der Waals surface area contributed by atoms with E-state index in [4.69, 9.17) is 16.7 Å². The quantitative estimate of drug-likeness (QED) is 0.441. The standard InChI is InChI=1S/C20H14ClF4N3O3/c21-11-6-4-10(5-7-11)15-9-14(19(30)26-18(25)16(29)17(23)24)20(31)28(27-15)13-3-1-2-12(22)8-13/h1-9,16-18,29H,(H,26,30)/t16-,18?/m1/s1. The molecule has 0 aliphatic rings. The number of aromatic nitrogens is 2. The molecule has 0 aliphatic heterocycles. The van der Waals surface area contributed by atoms with Gasteiger partial charge < -0.3 is 10.4 Å². The molecule has 1 unspecified atom stereocenters. The van der Waals surface area contributed by atoms with Crippen molar-refractivity contribution in [3.8, 4) is 16.9 Å². The summed E-state index contributed by atoms with van der Waals surface area (Å²) in [7, 11) is 0. The first-order valence-corrected chi connectivity index (χ1v) is 9.12. The zero-order valence-electron chi connectivity index (χ0n) is 15.5. The SMILES string of the molecule is O=C(NC(F)[C@H](O)C(F)F)c1cc(-c2ccc(Cl)cc2)nn(-c2cccc(F)c2)c1=O. The number of halogens is 5. The molecule has 0 aliphatic carbocycles. The lowest BCUT2D eigenvalue weighted by atomic mass is 10.1. The number of hydrogen-bond acceptors (Lipinski definition) is 4. The van der Waals surface area contributed by atoms with Crippen molar-refractivity contribution in [1.82, 2.24) is 15.1 Å². The summed E-state index contributed by atoms with van der Waals surface area (Å²) in [5.74, 6) is -2.04. The number of rotatable bonds is 6. The van der Waals surface area contributed by atoms with Crippen molar-refractivity contribution in [1.29, 1.82) is 0 Å². The van der Waals surface area contributed by atoms with Gasteiger partial charge in [-0.25, -0.2) is 17.6 Å². The van der Waals surface area contributed by atoms with Crippen LogP contribution >= 0.6 is 11.6 Å². The fraction of sp³-hybridized carbons (Fsp3) is 0.150. The van der Waals surface area contributed by atoms with Crippen LogP contribution in [0.1, 0.15) is 10.4 Å². The summed E-state index contributed by atoms with van der Waals surface area (Å²) in [6, 6.07) is 11.9. The average molecular weight is 456 g/mol. The number of aliphatic hydroxyl groups excluding tert-OH is 1. The fourth-order valence-corrected chi connectivity index (χ4v) is 2.74. The third kappa shape index (κ3) is 5.09. The summed E-state index contributed by atoms with van der Waals surface area (Å²) < 4.78 is 53.2. The minimum Gasteiger partial charge on any atom is -0.382 e. The predicted molar refractivity (Wildman–Crippen MR) is 105 cm³/mol. The van der Waals surface area contributed by atoms with Gasteiger partial charge in [-0.05, 0) is 36.4 Å². The first-order valence-electron chi connectivity index (χ1n) is 8.75. The summed E-state index contributed by atoms with van der Waals surface area (Å²) in [5.41, 5.74) is -1.27. The third-order valence-corrected chi connectivity index (χ3v) is 4.43. The Bertz CT molecular complexity index is 1160.